The Kier molecular flexibility index (Phi) is 4.23. The molecular weight excluding hydrogens is 274 g/mol. The number of nitrogens with zero attached hydrogens (tertiary/aromatic N) is 2. The van der Waals surface area contributed by atoms with Crippen molar-refractivity contribution in [2.45, 2.75) is 45.6 Å². The molecule has 2 N–H and O–H groups in total. The molecule has 1 heterocycles. The highest BCUT2D eigenvalue weighted by Gasteiger charge is 2.31. The maximum absolute atomic E-state index is 12.5. The summed E-state index contributed by atoms with van der Waals surface area (Å²) in [5, 5.41) is 0.354. The van der Waals surface area contributed by atoms with E-state index >= 15 is 0 Å². The molecule has 0 unspecified atom stereocenters. The summed E-state index contributed by atoms with van der Waals surface area (Å²) in [5.74, 6) is 0.240. The van der Waals surface area contributed by atoms with Crippen LogP contribution in [0.1, 0.15) is 49.9 Å². The van der Waals surface area contributed by atoms with Crippen molar-refractivity contribution in [1.82, 2.24) is 9.88 Å². The molecule has 1 amide bonds. The van der Waals surface area contributed by atoms with E-state index in [-0.39, 0.29) is 11.9 Å². The summed E-state index contributed by atoms with van der Waals surface area (Å²) < 4.78 is 0. The van der Waals surface area contributed by atoms with Crippen molar-refractivity contribution < 1.29 is 4.79 Å². The van der Waals surface area contributed by atoms with Crippen molar-refractivity contribution in [3.8, 4) is 0 Å². The van der Waals surface area contributed by atoms with Crippen LogP contribution in [0.2, 0.25) is 5.02 Å². The summed E-state index contributed by atoms with van der Waals surface area (Å²) in [4.78, 5) is 18.2. The number of nitrogens with two attached hydrogens (primary N) is 1. The van der Waals surface area contributed by atoms with Crippen molar-refractivity contribution in [1.29, 1.82) is 0 Å². The number of amides is 1. The molecule has 0 saturated heterocycles. The van der Waals surface area contributed by atoms with Crippen molar-refractivity contribution in [3.05, 3.63) is 22.8 Å². The fraction of sp³-hybridized carbons (Fsp3) is 0.600. The number of halogens is 1. The van der Waals surface area contributed by atoms with Crippen molar-refractivity contribution in [3.63, 3.8) is 0 Å². The largest absolute Gasteiger partial charge is 0.384 e. The molecule has 1 aliphatic rings. The van der Waals surface area contributed by atoms with Crippen LogP contribution >= 0.6 is 11.6 Å². The predicted molar refractivity (Wildman–Crippen MR) is 81.8 cm³/mol. The van der Waals surface area contributed by atoms with Crippen LogP contribution in [0.15, 0.2) is 12.3 Å². The van der Waals surface area contributed by atoms with Gasteiger partial charge in [-0.3, -0.25) is 4.79 Å². The van der Waals surface area contributed by atoms with E-state index in [1.807, 2.05) is 7.05 Å². The third-order valence-electron chi connectivity index (χ3n) is 4.28. The first kappa shape index (κ1) is 15.1. The first-order valence-corrected chi connectivity index (χ1v) is 7.36. The Hall–Kier alpha value is -1.29. The molecule has 0 spiro atoms. The maximum atomic E-state index is 12.5. The summed E-state index contributed by atoms with van der Waals surface area (Å²) in [6.45, 7) is 4.57. The number of carbonyl (C=O) groups is 1. The Labute approximate surface area is 125 Å². The summed E-state index contributed by atoms with van der Waals surface area (Å²) >= 11 is 6.05. The number of hydrogen-bond acceptors (Lipinski definition) is 3. The number of nitrogen functional groups attached to an aromatic ring is 1. The van der Waals surface area contributed by atoms with E-state index in [2.05, 4.69) is 18.8 Å². The third kappa shape index (κ3) is 3.23. The summed E-state index contributed by atoms with van der Waals surface area (Å²) in [5.41, 5.74) is 6.46. The Balaban J connectivity index is 2.11. The molecule has 2 rings (SSSR count). The van der Waals surface area contributed by atoms with Gasteiger partial charge in [0.1, 0.15) is 5.82 Å². The number of rotatable bonds is 2. The number of hydrogen-bond donors (Lipinski definition) is 1. The third-order valence-corrected chi connectivity index (χ3v) is 4.58. The monoisotopic (exact) mass is 295 g/mol. The highest BCUT2D eigenvalue weighted by molar-refractivity contribution is 6.33. The lowest BCUT2D eigenvalue weighted by Gasteiger charge is -2.38. The van der Waals surface area contributed by atoms with Gasteiger partial charge in [-0.15, -0.1) is 0 Å². The zero-order chi connectivity index (χ0) is 14.9. The molecule has 0 atom stereocenters. The standard InChI is InChI=1S/C15H22ClN3O/c1-15(2)6-4-10(5-7-15)19(3)14(20)11-8-13(17)18-9-12(11)16/h8-10H,4-7H2,1-3H3,(H2,17,18). The zero-order valence-electron chi connectivity index (χ0n) is 12.3. The topological polar surface area (TPSA) is 59.2 Å². The molecule has 1 aromatic heterocycles. The van der Waals surface area contributed by atoms with Crippen molar-refractivity contribution in [2.75, 3.05) is 12.8 Å². The second-order valence-corrected chi connectivity index (χ2v) is 6.81. The lowest BCUT2D eigenvalue weighted by atomic mass is 9.75. The molecule has 0 aliphatic heterocycles. The molecule has 110 valence electrons. The van der Waals surface area contributed by atoms with E-state index < -0.39 is 0 Å². The minimum absolute atomic E-state index is 0.0752. The van der Waals surface area contributed by atoms with Gasteiger partial charge in [-0.25, -0.2) is 4.98 Å². The average Bonchev–Trinajstić information content (AvgIpc) is 2.40. The highest BCUT2D eigenvalue weighted by Crippen LogP contribution is 2.37. The van der Waals surface area contributed by atoms with Crippen LogP contribution in [0.3, 0.4) is 0 Å². The number of carbonyl (C=O) groups excluding carboxylic acids is 1. The molecule has 20 heavy (non-hydrogen) atoms. The lowest BCUT2D eigenvalue weighted by Crippen LogP contribution is -2.41. The Bertz CT molecular complexity index is 506. The van der Waals surface area contributed by atoms with Gasteiger partial charge in [-0.2, -0.15) is 0 Å². The molecule has 1 aliphatic carbocycles. The molecular formula is C15H22ClN3O. The van der Waals surface area contributed by atoms with Crippen LogP contribution in [0.5, 0.6) is 0 Å². The van der Waals surface area contributed by atoms with Crippen LogP contribution in [0, 0.1) is 5.41 Å². The van der Waals surface area contributed by atoms with E-state index in [1.54, 1.807) is 11.0 Å². The summed E-state index contributed by atoms with van der Waals surface area (Å²) in [7, 11) is 1.85. The van der Waals surface area contributed by atoms with Gasteiger partial charge >= 0.3 is 0 Å². The van der Waals surface area contributed by atoms with E-state index in [0.29, 0.717) is 21.8 Å². The van der Waals surface area contributed by atoms with Gasteiger partial charge in [0, 0.05) is 19.3 Å². The molecule has 1 aromatic rings. The molecule has 0 bridgehead atoms. The van der Waals surface area contributed by atoms with Crippen LogP contribution in [0.25, 0.3) is 0 Å². The molecule has 0 aromatic carbocycles. The van der Waals surface area contributed by atoms with E-state index in [4.69, 9.17) is 17.3 Å². The van der Waals surface area contributed by atoms with Crippen molar-refractivity contribution >= 4 is 23.3 Å². The summed E-state index contributed by atoms with van der Waals surface area (Å²) in [6.07, 6.45) is 5.78. The number of aromatic nitrogens is 1. The fourth-order valence-corrected chi connectivity index (χ4v) is 2.93. The second-order valence-electron chi connectivity index (χ2n) is 6.40. The quantitative estimate of drug-likeness (QED) is 0.910. The Morgan fingerprint density at radius 3 is 2.65 bits per heavy atom. The first-order valence-electron chi connectivity index (χ1n) is 6.98. The SMILES string of the molecule is CN(C(=O)c1cc(N)ncc1Cl)C1CCC(C)(C)CC1. The molecule has 1 fully saturated rings. The maximum Gasteiger partial charge on any atom is 0.255 e. The second kappa shape index (κ2) is 5.60. The normalized spacial score (nSPS) is 18.8. The minimum atomic E-state index is -0.0752. The van der Waals surface area contributed by atoms with E-state index in [1.165, 1.54) is 6.20 Å². The number of anilines is 1. The van der Waals surface area contributed by atoms with Crippen LogP contribution in [0.4, 0.5) is 5.82 Å². The zero-order valence-corrected chi connectivity index (χ0v) is 13.1. The highest BCUT2D eigenvalue weighted by atomic mass is 35.5. The Morgan fingerprint density at radius 1 is 1.45 bits per heavy atom. The molecule has 0 radical (unpaired) electrons. The smallest absolute Gasteiger partial charge is 0.255 e. The first-order chi connectivity index (χ1) is 9.30. The average molecular weight is 296 g/mol. The van der Waals surface area contributed by atoms with Crippen LogP contribution in [-0.2, 0) is 0 Å². The van der Waals surface area contributed by atoms with Crippen molar-refractivity contribution in [2.24, 2.45) is 5.41 Å². The fourth-order valence-electron chi connectivity index (χ4n) is 2.75. The van der Waals surface area contributed by atoms with E-state index in [0.717, 1.165) is 25.7 Å². The predicted octanol–water partition coefficient (Wildman–Crippen LogP) is 3.36. The molecule has 1 saturated carbocycles. The molecule has 5 heteroatoms. The van der Waals surface area contributed by atoms with Gasteiger partial charge in [-0.05, 0) is 37.2 Å². The van der Waals surface area contributed by atoms with E-state index in [9.17, 15) is 4.79 Å². The minimum Gasteiger partial charge on any atom is -0.384 e. The van der Waals surface area contributed by atoms with Gasteiger partial charge in [-0.1, -0.05) is 25.4 Å². The Morgan fingerprint density at radius 2 is 2.05 bits per heavy atom. The van der Waals surface area contributed by atoms with Gasteiger partial charge in [0.05, 0.1) is 10.6 Å². The van der Waals surface area contributed by atoms with Gasteiger partial charge in [0.2, 0.25) is 0 Å². The number of pyridine rings is 1. The van der Waals surface area contributed by atoms with Gasteiger partial charge in [0.25, 0.3) is 5.91 Å². The van der Waals surface area contributed by atoms with Crippen LogP contribution < -0.4 is 5.73 Å². The summed E-state index contributed by atoms with van der Waals surface area (Å²) in [6, 6.07) is 1.83. The van der Waals surface area contributed by atoms with Gasteiger partial charge < -0.3 is 10.6 Å². The van der Waals surface area contributed by atoms with Crippen LogP contribution in [-0.4, -0.2) is 28.9 Å². The lowest BCUT2D eigenvalue weighted by molar-refractivity contribution is 0.0635. The molecule has 4 nitrogen and oxygen atoms in total. The van der Waals surface area contributed by atoms with Gasteiger partial charge in [0.15, 0.2) is 0 Å².